The number of benzene rings is 3. The zero-order chi connectivity index (χ0) is 29.3. The number of imidazole rings is 1. The topological polar surface area (TPSA) is 35.6 Å². The molecule has 0 radical (unpaired) electrons. The molecule has 0 unspecified atom stereocenters. The fourth-order valence-electron chi connectivity index (χ4n) is 5.67. The van der Waals surface area contributed by atoms with Crippen LogP contribution >= 0.6 is 0 Å². The molecule has 0 saturated heterocycles. The molecule has 0 aliphatic rings. The van der Waals surface area contributed by atoms with E-state index in [0.29, 0.717) is 28.8 Å². The Balaban J connectivity index is 1.49. The van der Waals surface area contributed by atoms with Gasteiger partial charge in [0.25, 0.3) is 0 Å². The molecule has 0 aliphatic carbocycles. The molecule has 0 saturated carbocycles. The lowest BCUT2D eigenvalue weighted by Crippen LogP contribution is -2.24. The predicted molar refractivity (Wildman–Crippen MR) is 149 cm³/mol. The summed E-state index contributed by atoms with van der Waals surface area (Å²) in [5, 5.41) is 0.724. The molecule has 6 aromatic rings. The number of fused-ring (bicyclic) bond motifs is 2. The zero-order valence-electron chi connectivity index (χ0n) is 22.7. The maximum absolute atomic E-state index is 15.3. The second-order valence-corrected chi connectivity index (χ2v) is 10.6. The van der Waals surface area contributed by atoms with E-state index >= 15 is 4.39 Å². The van der Waals surface area contributed by atoms with E-state index < -0.39 is 28.8 Å². The Morgan fingerprint density at radius 1 is 0.683 bits per heavy atom. The lowest BCUT2D eigenvalue weighted by atomic mass is 9.76. The number of aryl methyl sites for hydroxylation is 2. The van der Waals surface area contributed by atoms with E-state index in [4.69, 9.17) is 9.97 Å². The molecule has 0 spiro atoms. The van der Waals surface area contributed by atoms with Crippen molar-refractivity contribution >= 4 is 21.9 Å². The number of hydrogen-bond donors (Lipinski definition) is 0. The minimum Gasteiger partial charge on any atom is -0.342 e. The summed E-state index contributed by atoms with van der Waals surface area (Å²) in [6.07, 6.45) is -5.16. The van der Waals surface area contributed by atoms with Gasteiger partial charge in [0, 0.05) is 30.4 Å². The van der Waals surface area contributed by atoms with Gasteiger partial charge < -0.3 is 9.13 Å². The van der Waals surface area contributed by atoms with E-state index in [2.05, 4.69) is 0 Å². The molecular weight excluding hydrogens is 535 g/mol. The molecule has 41 heavy (non-hydrogen) atoms. The standard InChI is InChI=1S/C32H25F5N4/c1-31(2,20-15-16-21(33)28(29(20)34)32(35,36)37)19-9-7-14-25-18(19)17-27(40(25)3)23-11-8-12-24(38-23)30-39-22-10-5-6-13-26(22)41(30)4/h5-17H,1-4H3. The van der Waals surface area contributed by atoms with Crippen molar-refractivity contribution in [2.75, 3.05) is 0 Å². The van der Waals surface area contributed by atoms with Gasteiger partial charge in [-0.1, -0.05) is 50.2 Å². The van der Waals surface area contributed by atoms with Gasteiger partial charge in [0.05, 0.1) is 22.4 Å². The summed E-state index contributed by atoms with van der Waals surface area (Å²) in [5.74, 6) is -2.53. The third-order valence-corrected chi connectivity index (χ3v) is 7.84. The molecule has 3 aromatic heterocycles. The smallest absolute Gasteiger partial charge is 0.342 e. The van der Waals surface area contributed by atoms with E-state index in [-0.39, 0.29) is 5.56 Å². The van der Waals surface area contributed by atoms with Crippen LogP contribution in [0.5, 0.6) is 0 Å². The van der Waals surface area contributed by atoms with Gasteiger partial charge in [-0.15, -0.1) is 0 Å². The maximum atomic E-state index is 15.3. The fourth-order valence-corrected chi connectivity index (χ4v) is 5.67. The summed E-state index contributed by atoms with van der Waals surface area (Å²) >= 11 is 0. The van der Waals surface area contributed by atoms with Gasteiger partial charge in [0.15, 0.2) is 5.82 Å². The highest BCUT2D eigenvalue weighted by atomic mass is 19.4. The number of pyridine rings is 1. The van der Waals surface area contributed by atoms with E-state index in [1.165, 1.54) is 0 Å². The highest BCUT2D eigenvalue weighted by molar-refractivity contribution is 5.90. The second kappa shape index (κ2) is 9.26. The maximum Gasteiger partial charge on any atom is 0.422 e. The fraction of sp³-hybridized carbons (Fsp3) is 0.188. The molecule has 208 valence electrons. The number of rotatable bonds is 4. The molecule has 4 nitrogen and oxygen atoms in total. The molecule has 6 rings (SSSR count). The van der Waals surface area contributed by atoms with Gasteiger partial charge in [0.1, 0.15) is 22.9 Å². The quantitative estimate of drug-likeness (QED) is 0.203. The first kappa shape index (κ1) is 26.7. The largest absolute Gasteiger partial charge is 0.422 e. The third-order valence-electron chi connectivity index (χ3n) is 7.84. The molecule has 0 N–H and O–H groups in total. The number of hydrogen-bond acceptors (Lipinski definition) is 2. The van der Waals surface area contributed by atoms with Crippen molar-refractivity contribution in [3.05, 3.63) is 107 Å². The Kier molecular flexibility index (Phi) is 6.02. The van der Waals surface area contributed by atoms with Crippen molar-refractivity contribution in [2.45, 2.75) is 25.4 Å². The third kappa shape index (κ3) is 4.18. The molecular formula is C32H25F5N4. The van der Waals surface area contributed by atoms with Gasteiger partial charge in [-0.25, -0.2) is 18.7 Å². The van der Waals surface area contributed by atoms with Crippen molar-refractivity contribution in [3.8, 4) is 22.9 Å². The van der Waals surface area contributed by atoms with Gasteiger partial charge in [-0.05, 0) is 53.6 Å². The lowest BCUT2D eigenvalue weighted by Gasteiger charge is -2.28. The van der Waals surface area contributed by atoms with E-state index in [1.807, 2.05) is 77.8 Å². The first-order valence-electron chi connectivity index (χ1n) is 12.9. The van der Waals surface area contributed by atoms with E-state index in [0.717, 1.165) is 33.7 Å². The summed E-state index contributed by atoms with van der Waals surface area (Å²) in [4.78, 5) is 9.66. The Bertz CT molecular complexity index is 1960. The summed E-state index contributed by atoms with van der Waals surface area (Å²) in [7, 11) is 3.81. The Labute approximate surface area is 232 Å². The number of nitrogens with zero attached hydrogens (tertiary/aromatic N) is 4. The average molecular weight is 561 g/mol. The Morgan fingerprint density at radius 3 is 2.10 bits per heavy atom. The Hall–Kier alpha value is -4.53. The van der Waals surface area contributed by atoms with Crippen molar-refractivity contribution in [3.63, 3.8) is 0 Å². The van der Waals surface area contributed by atoms with Crippen molar-refractivity contribution in [2.24, 2.45) is 14.1 Å². The van der Waals surface area contributed by atoms with Crippen molar-refractivity contribution in [1.82, 2.24) is 19.1 Å². The molecule has 0 atom stereocenters. The van der Waals surface area contributed by atoms with Crippen LogP contribution in [-0.2, 0) is 25.7 Å². The molecule has 0 amide bonds. The number of para-hydroxylation sites is 2. The van der Waals surface area contributed by atoms with Crippen LogP contribution in [0.25, 0.3) is 44.8 Å². The van der Waals surface area contributed by atoms with Crippen LogP contribution < -0.4 is 0 Å². The molecule has 3 aromatic carbocycles. The Morgan fingerprint density at radius 2 is 1.37 bits per heavy atom. The molecule has 3 heterocycles. The summed E-state index contributed by atoms with van der Waals surface area (Å²) in [5.41, 5.74) is 1.99. The highest BCUT2D eigenvalue weighted by Gasteiger charge is 2.41. The lowest BCUT2D eigenvalue weighted by molar-refractivity contribution is -0.142. The number of alkyl halides is 3. The van der Waals surface area contributed by atoms with Gasteiger partial charge in [-0.3, -0.25) is 0 Å². The van der Waals surface area contributed by atoms with Gasteiger partial charge in [0.2, 0.25) is 0 Å². The van der Waals surface area contributed by atoms with Crippen LogP contribution in [0.15, 0.2) is 78.9 Å². The second-order valence-electron chi connectivity index (χ2n) is 10.6. The van der Waals surface area contributed by atoms with E-state index in [1.54, 1.807) is 26.0 Å². The van der Waals surface area contributed by atoms with Crippen LogP contribution in [0.1, 0.15) is 30.5 Å². The van der Waals surface area contributed by atoms with Crippen molar-refractivity contribution < 1.29 is 22.0 Å². The van der Waals surface area contributed by atoms with E-state index in [9.17, 15) is 17.6 Å². The monoisotopic (exact) mass is 560 g/mol. The van der Waals surface area contributed by atoms with Crippen LogP contribution in [0.3, 0.4) is 0 Å². The molecule has 0 aliphatic heterocycles. The first-order valence-corrected chi connectivity index (χ1v) is 12.9. The number of halogens is 5. The number of aromatic nitrogens is 4. The molecule has 0 fully saturated rings. The SMILES string of the molecule is Cn1c(-c2cccc(-c3cc4c(C(C)(C)c5ccc(F)c(C(F)(F)F)c5F)cccc4n3C)n2)nc2ccccc21. The van der Waals surface area contributed by atoms with Crippen LogP contribution in [0.2, 0.25) is 0 Å². The first-order chi connectivity index (χ1) is 19.4. The van der Waals surface area contributed by atoms with Gasteiger partial charge >= 0.3 is 6.18 Å². The zero-order valence-corrected chi connectivity index (χ0v) is 22.7. The molecule has 9 heteroatoms. The summed E-state index contributed by atoms with van der Waals surface area (Å²) in [6.45, 7) is 3.27. The summed E-state index contributed by atoms with van der Waals surface area (Å²) in [6, 6.07) is 22.6. The summed E-state index contributed by atoms with van der Waals surface area (Å²) < 4.78 is 73.9. The van der Waals surface area contributed by atoms with Crippen LogP contribution in [0, 0.1) is 11.6 Å². The van der Waals surface area contributed by atoms with Gasteiger partial charge in [-0.2, -0.15) is 13.2 Å². The minimum atomic E-state index is -5.16. The predicted octanol–water partition coefficient (Wildman–Crippen LogP) is 8.42. The molecule has 0 bridgehead atoms. The highest BCUT2D eigenvalue weighted by Crippen LogP contribution is 2.43. The normalized spacial score (nSPS) is 12.5. The van der Waals surface area contributed by atoms with Crippen molar-refractivity contribution in [1.29, 1.82) is 0 Å². The van der Waals surface area contributed by atoms with Crippen LogP contribution in [-0.4, -0.2) is 19.1 Å². The average Bonchev–Trinajstić information content (AvgIpc) is 3.44. The van der Waals surface area contributed by atoms with Crippen LogP contribution in [0.4, 0.5) is 22.0 Å². The minimum absolute atomic E-state index is 0.244.